The molecule has 1 aromatic heterocycles. The smallest absolute Gasteiger partial charge is 0.226 e. The number of aromatic nitrogens is 3. The molecule has 28 heavy (non-hydrogen) atoms. The van der Waals surface area contributed by atoms with Gasteiger partial charge in [0.2, 0.25) is 5.91 Å². The van der Waals surface area contributed by atoms with Gasteiger partial charge in [-0.2, -0.15) is 5.10 Å². The van der Waals surface area contributed by atoms with Crippen molar-refractivity contribution in [1.29, 1.82) is 0 Å². The molecule has 0 fully saturated rings. The van der Waals surface area contributed by atoms with Crippen LogP contribution in [0.25, 0.3) is 11.4 Å². The van der Waals surface area contributed by atoms with Crippen molar-refractivity contribution in [3.05, 3.63) is 58.9 Å². The normalized spacial score (nSPS) is 10.6. The molecule has 0 unspecified atom stereocenters. The minimum absolute atomic E-state index is 0.0988. The van der Waals surface area contributed by atoms with Gasteiger partial charge in [-0.1, -0.05) is 12.1 Å². The summed E-state index contributed by atoms with van der Waals surface area (Å²) in [5.41, 5.74) is 2.63. The van der Waals surface area contributed by atoms with E-state index in [1.54, 1.807) is 14.2 Å². The standard InChI is InChI=1S/C20H22N4O3S/c1-26-13-14-4-3-5-16(12-14)21-18(25)10-11-24-19(22-23-20(24)28)15-6-8-17(27-2)9-7-15/h3-9,12H,10-11,13H2,1-2H3,(H,21,25)(H,23,28). The van der Waals surface area contributed by atoms with E-state index < -0.39 is 0 Å². The number of nitrogens with zero attached hydrogens (tertiary/aromatic N) is 2. The number of ether oxygens (including phenoxy) is 2. The molecule has 7 nitrogen and oxygen atoms in total. The highest BCUT2D eigenvalue weighted by atomic mass is 32.1. The first-order chi connectivity index (χ1) is 13.6. The van der Waals surface area contributed by atoms with Crippen molar-refractivity contribution < 1.29 is 14.3 Å². The van der Waals surface area contributed by atoms with Gasteiger partial charge in [-0.25, -0.2) is 0 Å². The predicted octanol–water partition coefficient (Wildman–Crippen LogP) is 3.79. The number of methoxy groups -OCH3 is 2. The number of nitrogens with one attached hydrogen (secondary N) is 2. The van der Waals surface area contributed by atoms with E-state index in [9.17, 15) is 4.79 Å². The fourth-order valence-corrected chi connectivity index (χ4v) is 3.05. The van der Waals surface area contributed by atoms with Crippen molar-refractivity contribution in [3.63, 3.8) is 0 Å². The average molecular weight is 398 g/mol. The zero-order chi connectivity index (χ0) is 19.9. The molecule has 0 spiro atoms. The first-order valence-corrected chi connectivity index (χ1v) is 9.19. The Labute approximate surface area is 168 Å². The van der Waals surface area contributed by atoms with E-state index in [4.69, 9.17) is 21.7 Å². The van der Waals surface area contributed by atoms with Crippen LogP contribution < -0.4 is 10.1 Å². The molecule has 2 aromatic carbocycles. The van der Waals surface area contributed by atoms with Gasteiger partial charge in [0.05, 0.1) is 13.7 Å². The molecule has 0 radical (unpaired) electrons. The summed E-state index contributed by atoms with van der Waals surface area (Å²) < 4.78 is 12.6. The Hall–Kier alpha value is -2.97. The molecule has 1 amide bonds. The predicted molar refractivity (Wildman–Crippen MR) is 110 cm³/mol. The second-order valence-electron chi connectivity index (χ2n) is 6.16. The maximum atomic E-state index is 12.4. The van der Waals surface area contributed by atoms with Gasteiger partial charge in [0.25, 0.3) is 0 Å². The average Bonchev–Trinajstić information content (AvgIpc) is 3.07. The number of hydrogen-bond donors (Lipinski definition) is 2. The zero-order valence-corrected chi connectivity index (χ0v) is 16.6. The summed E-state index contributed by atoms with van der Waals surface area (Å²) in [4.78, 5) is 12.4. The van der Waals surface area contributed by atoms with Crippen LogP contribution in [0.15, 0.2) is 48.5 Å². The number of H-pyrrole nitrogens is 1. The van der Waals surface area contributed by atoms with E-state index in [2.05, 4.69) is 15.5 Å². The van der Waals surface area contributed by atoms with Crippen LogP contribution in [-0.4, -0.2) is 34.9 Å². The molecule has 0 bridgehead atoms. The molecule has 0 aliphatic rings. The van der Waals surface area contributed by atoms with Gasteiger partial charge >= 0.3 is 0 Å². The van der Waals surface area contributed by atoms with Crippen molar-refractivity contribution in [1.82, 2.24) is 14.8 Å². The molecule has 0 saturated heterocycles. The van der Waals surface area contributed by atoms with Gasteiger partial charge in [0.15, 0.2) is 10.6 Å². The Morgan fingerprint density at radius 3 is 2.71 bits per heavy atom. The molecule has 0 atom stereocenters. The summed E-state index contributed by atoms with van der Waals surface area (Å²) in [5.74, 6) is 1.35. The van der Waals surface area contributed by atoms with Gasteiger partial charge in [-0.15, -0.1) is 0 Å². The number of amides is 1. The van der Waals surface area contributed by atoms with E-state index in [0.717, 1.165) is 22.6 Å². The largest absolute Gasteiger partial charge is 0.497 e. The van der Waals surface area contributed by atoms with E-state index in [1.165, 1.54) is 0 Å². The third kappa shape index (κ3) is 4.85. The Morgan fingerprint density at radius 1 is 1.21 bits per heavy atom. The molecule has 0 aliphatic carbocycles. The van der Waals surface area contributed by atoms with Crippen LogP contribution in [0.2, 0.25) is 0 Å². The number of benzene rings is 2. The number of carbonyl (C=O) groups is 1. The highest BCUT2D eigenvalue weighted by molar-refractivity contribution is 7.71. The molecule has 1 heterocycles. The molecular formula is C20H22N4O3S. The number of aromatic amines is 1. The van der Waals surface area contributed by atoms with Crippen molar-refractivity contribution in [3.8, 4) is 17.1 Å². The second-order valence-corrected chi connectivity index (χ2v) is 6.55. The maximum Gasteiger partial charge on any atom is 0.226 e. The van der Waals surface area contributed by atoms with E-state index in [0.29, 0.717) is 23.7 Å². The lowest BCUT2D eigenvalue weighted by molar-refractivity contribution is -0.116. The molecule has 3 rings (SSSR count). The van der Waals surface area contributed by atoms with Gasteiger partial charge in [0, 0.05) is 31.3 Å². The van der Waals surface area contributed by atoms with Crippen molar-refractivity contribution in [2.45, 2.75) is 19.6 Å². The lowest BCUT2D eigenvalue weighted by Gasteiger charge is -2.09. The first-order valence-electron chi connectivity index (χ1n) is 8.78. The Kier molecular flexibility index (Phi) is 6.57. The van der Waals surface area contributed by atoms with Crippen LogP contribution >= 0.6 is 12.2 Å². The quantitative estimate of drug-likeness (QED) is 0.564. The van der Waals surface area contributed by atoms with Gasteiger partial charge in [0.1, 0.15) is 5.75 Å². The zero-order valence-electron chi connectivity index (χ0n) is 15.8. The lowest BCUT2D eigenvalue weighted by Crippen LogP contribution is -2.15. The van der Waals surface area contributed by atoms with Gasteiger partial charge in [-0.3, -0.25) is 14.5 Å². The maximum absolute atomic E-state index is 12.4. The fourth-order valence-electron chi connectivity index (χ4n) is 2.83. The van der Waals surface area contributed by atoms with Crippen molar-refractivity contribution >= 4 is 23.8 Å². The number of hydrogen-bond acceptors (Lipinski definition) is 5. The second kappa shape index (κ2) is 9.29. The summed E-state index contributed by atoms with van der Waals surface area (Å²) in [6.07, 6.45) is 0.269. The van der Waals surface area contributed by atoms with Crippen molar-refractivity contribution in [2.75, 3.05) is 19.5 Å². The molecule has 2 N–H and O–H groups in total. The van der Waals surface area contributed by atoms with Gasteiger partial charge in [-0.05, 0) is 54.2 Å². The van der Waals surface area contributed by atoms with Gasteiger partial charge < -0.3 is 14.8 Å². The van der Waals surface area contributed by atoms with E-state index >= 15 is 0 Å². The summed E-state index contributed by atoms with van der Waals surface area (Å²) in [6.45, 7) is 0.916. The molecule has 8 heteroatoms. The van der Waals surface area contributed by atoms with E-state index in [-0.39, 0.29) is 12.3 Å². The van der Waals surface area contributed by atoms with Crippen LogP contribution in [-0.2, 0) is 22.7 Å². The Morgan fingerprint density at radius 2 is 2.00 bits per heavy atom. The Bertz CT molecular complexity index is 995. The lowest BCUT2D eigenvalue weighted by atomic mass is 10.2. The van der Waals surface area contributed by atoms with Crippen LogP contribution in [0, 0.1) is 4.77 Å². The molecule has 0 saturated carbocycles. The fraction of sp³-hybridized carbons (Fsp3) is 0.250. The topological polar surface area (TPSA) is 81.2 Å². The summed E-state index contributed by atoms with van der Waals surface area (Å²) in [5, 5.41) is 10.0. The minimum atomic E-state index is -0.0988. The van der Waals surface area contributed by atoms with Crippen molar-refractivity contribution in [2.24, 2.45) is 0 Å². The summed E-state index contributed by atoms with van der Waals surface area (Å²) in [7, 11) is 3.26. The van der Waals surface area contributed by atoms with Crippen LogP contribution in [0.1, 0.15) is 12.0 Å². The highest BCUT2D eigenvalue weighted by Gasteiger charge is 2.11. The van der Waals surface area contributed by atoms with Crippen LogP contribution in [0.5, 0.6) is 5.75 Å². The third-order valence-corrected chi connectivity index (χ3v) is 4.50. The summed E-state index contributed by atoms with van der Waals surface area (Å²) >= 11 is 5.32. The third-order valence-electron chi connectivity index (χ3n) is 4.19. The van der Waals surface area contributed by atoms with Crippen LogP contribution in [0.3, 0.4) is 0 Å². The van der Waals surface area contributed by atoms with Crippen LogP contribution in [0.4, 0.5) is 5.69 Å². The monoisotopic (exact) mass is 398 g/mol. The molecule has 3 aromatic rings. The first kappa shape index (κ1) is 19.8. The highest BCUT2D eigenvalue weighted by Crippen LogP contribution is 2.21. The number of anilines is 1. The number of carbonyl (C=O) groups excluding carboxylic acids is 1. The summed E-state index contributed by atoms with van der Waals surface area (Å²) in [6, 6.07) is 15.1. The molecular weight excluding hydrogens is 376 g/mol. The number of rotatable bonds is 8. The Balaban J connectivity index is 1.67. The minimum Gasteiger partial charge on any atom is -0.497 e. The SMILES string of the molecule is COCc1cccc(NC(=O)CCn2c(-c3ccc(OC)cc3)n[nH]c2=S)c1. The molecule has 146 valence electrons. The van der Waals surface area contributed by atoms with E-state index in [1.807, 2.05) is 53.1 Å². The molecule has 0 aliphatic heterocycles.